The SMILES string of the molecule is CCN(CC)S(=O)(=O)c1ccc(CNC(=O)c2ccc(C)cc2)cc1. The van der Waals surface area contributed by atoms with Crippen molar-refractivity contribution < 1.29 is 13.2 Å². The van der Waals surface area contributed by atoms with Crippen LogP contribution in [0.3, 0.4) is 0 Å². The molecular weight excluding hydrogens is 336 g/mol. The number of sulfonamides is 1. The lowest BCUT2D eigenvalue weighted by Crippen LogP contribution is -2.30. The van der Waals surface area contributed by atoms with Gasteiger partial charge in [0, 0.05) is 25.2 Å². The molecule has 0 radical (unpaired) electrons. The lowest BCUT2D eigenvalue weighted by molar-refractivity contribution is 0.0951. The minimum atomic E-state index is -3.45. The summed E-state index contributed by atoms with van der Waals surface area (Å²) in [5.41, 5.74) is 2.55. The Morgan fingerprint density at radius 1 is 0.960 bits per heavy atom. The van der Waals surface area contributed by atoms with Gasteiger partial charge < -0.3 is 5.32 Å². The van der Waals surface area contributed by atoms with Crippen molar-refractivity contribution in [2.75, 3.05) is 13.1 Å². The molecule has 2 rings (SSSR count). The van der Waals surface area contributed by atoms with E-state index in [1.54, 1.807) is 36.4 Å². The Bertz CT molecular complexity index is 809. The Morgan fingerprint density at radius 3 is 2.04 bits per heavy atom. The summed E-state index contributed by atoms with van der Waals surface area (Å²) in [5, 5.41) is 2.84. The van der Waals surface area contributed by atoms with Crippen molar-refractivity contribution in [3.63, 3.8) is 0 Å². The van der Waals surface area contributed by atoms with Gasteiger partial charge in [-0.2, -0.15) is 4.31 Å². The minimum Gasteiger partial charge on any atom is -0.348 e. The standard InChI is InChI=1S/C19H24N2O3S/c1-4-21(5-2)25(23,24)18-12-8-16(9-13-18)14-20-19(22)17-10-6-15(3)7-11-17/h6-13H,4-5,14H2,1-3H3,(H,20,22). The Kier molecular flexibility index (Phi) is 6.33. The Balaban J connectivity index is 2.03. The zero-order valence-corrected chi connectivity index (χ0v) is 15.6. The molecule has 2 aromatic rings. The Labute approximate surface area is 149 Å². The lowest BCUT2D eigenvalue weighted by Gasteiger charge is -2.18. The van der Waals surface area contributed by atoms with Crippen molar-refractivity contribution in [1.29, 1.82) is 0 Å². The fourth-order valence-corrected chi connectivity index (χ4v) is 3.94. The molecule has 0 spiro atoms. The Morgan fingerprint density at radius 2 is 1.52 bits per heavy atom. The number of nitrogens with one attached hydrogen (secondary N) is 1. The highest BCUT2D eigenvalue weighted by Gasteiger charge is 2.21. The van der Waals surface area contributed by atoms with Crippen molar-refractivity contribution in [2.45, 2.75) is 32.2 Å². The molecule has 25 heavy (non-hydrogen) atoms. The van der Waals surface area contributed by atoms with Crippen molar-refractivity contribution in [2.24, 2.45) is 0 Å². The van der Waals surface area contributed by atoms with Crippen LogP contribution < -0.4 is 5.32 Å². The van der Waals surface area contributed by atoms with Crippen molar-refractivity contribution in [1.82, 2.24) is 9.62 Å². The van der Waals surface area contributed by atoms with E-state index in [0.29, 0.717) is 25.2 Å². The van der Waals surface area contributed by atoms with E-state index in [2.05, 4.69) is 5.32 Å². The van der Waals surface area contributed by atoms with E-state index in [0.717, 1.165) is 11.1 Å². The van der Waals surface area contributed by atoms with Gasteiger partial charge in [0.05, 0.1) is 4.90 Å². The molecule has 0 heterocycles. The van der Waals surface area contributed by atoms with Crippen LogP contribution in [0.1, 0.15) is 35.3 Å². The molecule has 5 nitrogen and oxygen atoms in total. The zero-order valence-electron chi connectivity index (χ0n) is 14.8. The molecule has 0 saturated heterocycles. The zero-order chi connectivity index (χ0) is 18.4. The maximum atomic E-state index is 12.4. The number of carbonyl (C=O) groups excluding carboxylic acids is 1. The van der Waals surface area contributed by atoms with Gasteiger partial charge in [0.25, 0.3) is 5.91 Å². The van der Waals surface area contributed by atoms with Crippen molar-refractivity contribution >= 4 is 15.9 Å². The summed E-state index contributed by atoms with van der Waals surface area (Å²) in [6.45, 7) is 6.82. The number of nitrogens with zero attached hydrogens (tertiary/aromatic N) is 1. The summed E-state index contributed by atoms with van der Waals surface area (Å²) < 4.78 is 26.3. The molecule has 0 aliphatic heterocycles. The molecule has 0 unspecified atom stereocenters. The first kappa shape index (κ1) is 19.1. The normalized spacial score (nSPS) is 11.5. The molecule has 1 amide bonds. The maximum absolute atomic E-state index is 12.4. The maximum Gasteiger partial charge on any atom is 0.251 e. The van der Waals surface area contributed by atoms with Crippen LogP contribution in [0.15, 0.2) is 53.4 Å². The molecule has 0 aromatic heterocycles. The summed E-state index contributed by atoms with van der Waals surface area (Å²) in [7, 11) is -3.45. The predicted octanol–water partition coefficient (Wildman–Crippen LogP) is 2.96. The van der Waals surface area contributed by atoms with E-state index in [4.69, 9.17) is 0 Å². The molecule has 0 bridgehead atoms. The third-order valence-electron chi connectivity index (χ3n) is 4.03. The van der Waals surface area contributed by atoms with Crippen LogP contribution in [0.5, 0.6) is 0 Å². The average Bonchev–Trinajstić information content (AvgIpc) is 2.61. The smallest absolute Gasteiger partial charge is 0.251 e. The molecule has 0 fully saturated rings. The highest BCUT2D eigenvalue weighted by molar-refractivity contribution is 7.89. The molecule has 0 atom stereocenters. The van der Waals surface area contributed by atoms with E-state index in [-0.39, 0.29) is 10.8 Å². The van der Waals surface area contributed by atoms with Gasteiger partial charge in [-0.3, -0.25) is 4.79 Å². The summed E-state index contributed by atoms with van der Waals surface area (Å²) in [5.74, 6) is -0.153. The van der Waals surface area contributed by atoms with Crippen molar-refractivity contribution in [3.8, 4) is 0 Å². The van der Waals surface area contributed by atoms with Gasteiger partial charge in [-0.1, -0.05) is 43.7 Å². The van der Waals surface area contributed by atoms with E-state index >= 15 is 0 Å². The van der Waals surface area contributed by atoms with Gasteiger partial charge in [0.1, 0.15) is 0 Å². The van der Waals surface area contributed by atoms with Gasteiger partial charge >= 0.3 is 0 Å². The van der Waals surface area contributed by atoms with Gasteiger partial charge in [-0.05, 0) is 36.8 Å². The van der Waals surface area contributed by atoms with Gasteiger partial charge in [0.2, 0.25) is 10.0 Å². The van der Waals surface area contributed by atoms with E-state index in [1.807, 2.05) is 32.9 Å². The fourth-order valence-electron chi connectivity index (χ4n) is 2.48. The molecule has 0 aliphatic carbocycles. The van der Waals surface area contributed by atoms with Crippen LogP contribution in [-0.2, 0) is 16.6 Å². The largest absolute Gasteiger partial charge is 0.348 e. The van der Waals surface area contributed by atoms with Gasteiger partial charge in [-0.25, -0.2) is 8.42 Å². The minimum absolute atomic E-state index is 0.153. The number of hydrogen-bond donors (Lipinski definition) is 1. The summed E-state index contributed by atoms with van der Waals surface area (Å²) in [6, 6.07) is 14.0. The number of carbonyl (C=O) groups is 1. The number of amides is 1. The molecule has 2 aromatic carbocycles. The Hall–Kier alpha value is -2.18. The molecule has 134 valence electrons. The molecular formula is C19H24N2O3S. The van der Waals surface area contributed by atoms with E-state index in [9.17, 15) is 13.2 Å². The first-order valence-electron chi connectivity index (χ1n) is 8.32. The van der Waals surface area contributed by atoms with Crippen LogP contribution >= 0.6 is 0 Å². The van der Waals surface area contributed by atoms with Crippen LogP contribution in [0.2, 0.25) is 0 Å². The topological polar surface area (TPSA) is 66.5 Å². The summed E-state index contributed by atoms with van der Waals surface area (Å²) in [6.07, 6.45) is 0. The monoisotopic (exact) mass is 360 g/mol. The van der Waals surface area contributed by atoms with Gasteiger partial charge in [0.15, 0.2) is 0 Å². The molecule has 6 heteroatoms. The van der Waals surface area contributed by atoms with Gasteiger partial charge in [-0.15, -0.1) is 0 Å². The summed E-state index contributed by atoms with van der Waals surface area (Å²) in [4.78, 5) is 12.4. The first-order valence-corrected chi connectivity index (χ1v) is 9.76. The van der Waals surface area contributed by atoms with Crippen molar-refractivity contribution in [3.05, 3.63) is 65.2 Å². The number of hydrogen-bond acceptors (Lipinski definition) is 3. The average molecular weight is 360 g/mol. The third kappa shape index (κ3) is 4.67. The number of aryl methyl sites for hydroxylation is 1. The highest BCUT2D eigenvalue weighted by Crippen LogP contribution is 2.16. The first-order chi connectivity index (χ1) is 11.9. The number of benzene rings is 2. The van der Waals surface area contributed by atoms with Crippen LogP contribution in [0, 0.1) is 6.92 Å². The second-order valence-electron chi connectivity index (χ2n) is 5.78. The third-order valence-corrected chi connectivity index (χ3v) is 6.10. The second kappa shape index (κ2) is 8.27. The lowest BCUT2D eigenvalue weighted by atomic mass is 10.1. The molecule has 0 saturated carbocycles. The quantitative estimate of drug-likeness (QED) is 0.825. The number of rotatable bonds is 7. The van der Waals surface area contributed by atoms with Crippen LogP contribution in [0.25, 0.3) is 0 Å². The fraction of sp³-hybridized carbons (Fsp3) is 0.316. The second-order valence-corrected chi connectivity index (χ2v) is 7.72. The highest BCUT2D eigenvalue weighted by atomic mass is 32.2. The molecule has 0 aliphatic rings. The molecule has 1 N–H and O–H groups in total. The van der Waals surface area contributed by atoms with E-state index in [1.165, 1.54) is 4.31 Å². The van der Waals surface area contributed by atoms with Crippen LogP contribution in [-0.4, -0.2) is 31.7 Å². The van der Waals surface area contributed by atoms with E-state index < -0.39 is 10.0 Å². The predicted molar refractivity (Wildman–Crippen MR) is 98.9 cm³/mol. The summed E-state index contributed by atoms with van der Waals surface area (Å²) >= 11 is 0. The van der Waals surface area contributed by atoms with Crippen LogP contribution in [0.4, 0.5) is 0 Å².